The molecule has 2 fully saturated rings. The van der Waals surface area contributed by atoms with Gasteiger partial charge in [0.15, 0.2) is 0 Å². The van der Waals surface area contributed by atoms with Crippen molar-refractivity contribution in [3.8, 4) is 5.88 Å². The molecule has 2 aliphatic rings. The van der Waals surface area contributed by atoms with Crippen molar-refractivity contribution in [1.82, 2.24) is 4.98 Å². The minimum atomic E-state index is -4.68. The summed E-state index contributed by atoms with van der Waals surface area (Å²) in [5.74, 6) is 2.75. The van der Waals surface area contributed by atoms with E-state index in [-0.39, 0.29) is 5.88 Å². The highest BCUT2D eigenvalue weighted by atomic mass is 19.4. The van der Waals surface area contributed by atoms with Crippen molar-refractivity contribution in [2.24, 2.45) is 17.8 Å². The van der Waals surface area contributed by atoms with E-state index >= 15 is 0 Å². The molecule has 158 valence electrons. The van der Waals surface area contributed by atoms with E-state index in [0.29, 0.717) is 5.92 Å². The van der Waals surface area contributed by atoms with Gasteiger partial charge in [-0.3, -0.25) is 0 Å². The lowest BCUT2D eigenvalue weighted by Crippen LogP contribution is -2.25. The molecule has 0 unspecified atom stereocenters. The molecule has 0 saturated heterocycles. The van der Waals surface area contributed by atoms with Crippen LogP contribution in [0.15, 0.2) is 18.3 Å². The Balaban J connectivity index is 1.41. The molecule has 0 bridgehead atoms. The number of halogens is 3. The third-order valence-electron chi connectivity index (χ3n) is 7.00. The van der Waals surface area contributed by atoms with E-state index in [2.05, 4.69) is 16.6 Å². The van der Waals surface area contributed by atoms with Crippen molar-refractivity contribution >= 4 is 0 Å². The number of hydrogen-bond acceptors (Lipinski definition) is 2. The molecule has 1 aromatic rings. The molecule has 0 aromatic carbocycles. The van der Waals surface area contributed by atoms with Crippen molar-refractivity contribution in [3.63, 3.8) is 0 Å². The molecule has 0 atom stereocenters. The second-order valence-corrected chi connectivity index (χ2v) is 8.87. The maximum atomic E-state index is 12.3. The first-order valence-electron chi connectivity index (χ1n) is 11.2. The van der Waals surface area contributed by atoms with Crippen LogP contribution in [0, 0.1) is 17.8 Å². The standard InChI is InChI=1S/C23H34F3NO/c1-2-3-4-5-17-6-8-18(9-7-17)19-10-12-20(13-11-19)21-14-15-22(27-16-21)28-23(24,25)26/h14-20H,2-13H2,1H3. The molecule has 0 spiro atoms. The first-order chi connectivity index (χ1) is 13.4. The van der Waals surface area contributed by atoms with E-state index in [0.717, 1.165) is 36.2 Å². The fourth-order valence-corrected chi connectivity index (χ4v) is 5.37. The SMILES string of the molecule is CCCCCC1CCC(C2CCC(c3ccc(OC(F)(F)F)nc3)CC2)CC1. The summed E-state index contributed by atoms with van der Waals surface area (Å²) in [5.41, 5.74) is 1.05. The minimum Gasteiger partial charge on any atom is -0.388 e. The Labute approximate surface area is 167 Å². The zero-order valence-corrected chi connectivity index (χ0v) is 17.0. The molecule has 2 nitrogen and oxygen atoms in total. The maximum absolute atomic E-state index is 12.3. The zero-order chi connectivity index (χ0) is 20.0. The van der Waals surface area contributed by atoms with Crippen LogP contribution in [-0.4, -0.2) is 11.3 Å². The average Bonchev–Trinajstić information content (AvgIpc) is 2.68. The van der Waals surface area contributed by atoms with Crippen LogP contribution in [0.3, 0.4) is 0 Å². The number of pyridine rings is 1. The molecule has 0 aliphatic heterocycles. The highest BCUT2D eigenvalue weighted by Gasteiger charge is 2.33. The summed E-state index contributed by atoms with van der Waals surface area (Å²) in [6, 6.07) is 3.09. The van der Waals surface area contributed by atoms with Crippen LogP contribution in [0.4, 0.5) is 13.2 Å². The van der Waals surface area contributed by atoms with Crippen LogP contribution in [0.25, 0.3) is 0 Å². The van der Waals surface area contributed by atoms with Crippen molar-refractivity contribution in [2.45, 2.75) is 96.3 Å². The number of alkyl halides is 3. The Hall–Kier alpha value is -1.26. The third kappa shape index (κ3) is 6.38. The normalized spacial score (nSPS) is 28.9. The van der Waals surface area contributed by atoms with Gasteiger partial charge in [0.25, 0.3) is 0 Å². The van der Waals surface area contributed by atoms with E-state index in [1.807, 2.05) is 0 Å². The number of hydrogen-bond donors (Lipinski definition) is 0. The molecule has 28 heavy (non-hydrogen) atoms. The summed E-state index contributed by atoms with van der Waals surface area (Å²) in [6.07, 6.45) is 12.8. The van der Waals surface area contributed by atoms with Gasteiger partial charge in [-0.25, -0.2) is 4.98 Å². The number of rotatable bonds is 7. The molecule has 2 aliphatic carbocycles. The minimum absolute atomic E-state index is 0.374. The Bertz CT molecular complexity index is 571. The van der Waals surface area contributed by atoms with E-state index < -0.39 is 6.36 Å². The molecule has 3 rings (SSSR count). The fraction of sp³-hybridized carbons (Fsp3) is 0.783. The lowest BCUT2D eigenvalue weighted by atomic mass is 9.68. The summed E-state index contributed by atoms with van der Waals surface area (Å²) in [7, 11) is 0. The van der Waals surface area contributed by atoms with Crippen molar-refractivity contribution in [3.05, 3.63) is 23.9 Å². The van der Waals surface area contributed by atoms with Crippen LogP contribution in [-0.2, 0) is 0 Å². The monoisotopic (exact) mass is 397 g/mol. The topological polar surface area (TPSA) is 22.1 Å². The third-order valence-corrected chi connectivity index (χ3v) is 7.00. The summed E-state index contributed by atoms with van der Waals surface area (Å²) < 4.78 is 40.6. The van der Waals surface area contributed by atoms with Gasteiger partial charge in [0, 0.05) is 12.3 Å². The van der Waals surface area contributed by atoms with Gasteiger partial charge in [-0.05, 0) is 67.8 Å². The second-order valence-electron chi connectivity index (χ2n) is 8.87. The van der Waals surface area contributed by atoms with E-state index in [9.17, 15) is 13.2 Å². The van der Waals surface area contributed by atoms with E-state index in [1.165, 1.54) is 70.3 Å². The molecule has 1 heterocycles. The largest absolute Gasteiger partial charge is 0.574 e. The Morgan fingerprint density at radius 2 is 1.57 bits per heavy atom. The van der Waals surface area contributed by atoms with Gasteiger partial charge in [-0.2, -0.15) is 0 Å². The summed E-state index contributed by atoms with van der Waals surface area (Å²) in [5, 5.41) is 0. The Kier molecular flexibility index (Phi) is 7.64. The van der Waals surface area contributed by atoms with Gasteiger partial charge < -0.3 is 4.74 Å². The van der Waals surface area contributed by atoms with E-state index in [1.54, 1.807) is 12.3 Å². The number of nitrogens with zero attached hydrogens (tertiary/aromatic N) is 1. The summed E-state index contributed by atoms with van der Waals surface area (Å²) in [4.78, 5) is 3.84. The van der Waals surface area contributed by atoms with Crippen LogP contribution < -0.4 is 4.74 Å². The predicted molar refractivity (Wildman–Crippen MR) is 105 cm³/mol. The molecule has 0 N–H and O–H groups in total. The Morgan fingerprint density at radius 1 is 0.929 bits per heavy atom. The summed E-state index contributed by atoms with van der Waals surface area (Å²) >= 11 is 0. The molecular weight excluding hydrogens is 363 g/mol. The van der Waals surface area contributed by atoms with E-state index in [4.69, 9.17) is 0 Å². The van der Waals surface area contributed by atoms with Crippen LogP contribution in [0.5, 0.6) is 5.88 Å². The zero-order valence-electron chi connectivity index (χ0n) is 17.0. The molecular formula is C23H34F3NO. The van der Waals surface area contributed by atoms with Gasteiger partial charge in [0.1, 0.15) is 0 Å². The van der Waals surface area contributed by atoms with Crippen molar-refractivity contribution in [1.29, 1.82) is 0 Å². The molecule has 0 amide bonds. The lowest BCUT2D eigenvalue weighted by Gasteiger charge is -2.38. The van der Waals surface area contributed by atoms with Crippen molar-refractivity contribution < 1.29 is 17.9 Å². The van der Waals surface area contributed by atoms with Crippen LogP contribution >= 0.6 is 0 Å². The van der Waals surface area contributed by atoms with Gasteiger partial charge in [-0.1, -0.05) is 51.5 Å². The molecule has 2 saturated carbocycles. The highest BCUT2D eigenvalue weighted by Crippen LogP contribution is 2.44. The molecule has 1 aromatic heterocycles. The van der Waals surface area contributed by atoms with Gasteiger partial charge in [-0.15, -0.1) is 13.2 Å². The lowest BCUT2D eigenvalue weighted by molar-refractivity contribution is -0.276. The van der Waals surface area contributed by atoms with Crippen molar-refractivity contribution in [2.75, 3.05) is 0 Å². The average molecular weight is 398 g/mol. The molecule has 5 heteroatoms. The summed E-state index contributed by atoms with van der Waals surface area (Å²) in [6.45, 7) is 2.27. The van der Waals surface area contributed by atoms with Crippen LogP contribution in [0.2, 0.25) is 0 Å². The maximum Gasteiger partial charge on any atom is 0.574 e. The number of ether oxygens (including phenoxy) is 1. The van der Waals surface area contributed by atoms with Gasteiger partial charge >= 0.3 is 6.36 Å². The second kappa shape index (κ2) is 9.98. The molecule has 0 radical (unpaired) electrons. The fourth-order valence-electron chi connectivity index (χ4n) is 5.37. The smallest absolute Gasteiger partial charge is 0.388 e. The van der Waals surface area contributed by atoms with Gasteiger partial charge in [0.05, 0.1) is 0 Å². The first kappa shape index (κ1) is 21.4. The predicted octanol–water partition coefficient (Wildman–Crippen LogP) is 7.64. The Morgan fingerprint density at radius 3 is 2.11 bits per heavy atom. The highest BCUT2D eigenvalue weighted by molar-refractivity contribution is 5.22. The number of unbranched alkanes of at least 4 members (excludes halogenated alkanes) is 2. The first-order valence-corrected chi connectivity index (χ1v) is 11.2. The van der Waals surface area contributed by atoms with Crippen LogP contribution in [0.1, 0.15) is 95.5 Å². The number of aromatic nitrogens is 1. The quantitative estimate of drug-likeness (QED) is 0.441. The van der Waals surface area contributed by atoms with Gasteiger partial charge in [0.2, 0.25) is 5.88 Å².